The molecule has 8 nitrogen and oxygen atoms in total. The van der Waals surface area contributed by atoms with Crippen molar-refractivity contribution in [1.82, 2.24) is 19.8 Å². The highest BCUT2D eigenvalue weighted by Gasteiger charge is 2.28. The van der Waals surface area contributed by atoms with Gasteiger partial charge in [-0.1, -0.05) is 18.7 Å². The number of rotatable bonds is 7. The molecule has 3 amide bonds. The van der Waals surface area contributed by atoms with E-state index >= 15 is 0 Å². The maximum atomic E-state index is 13.6. The molecule has 1 aliphatic heterocycles. The highest BCUT2D eigenvalue weighted by atomic mass is 32.2. The molecule has 1 fully saturated rings. The first-order chi connectivity index (χ1) is 15.5. The summed E-state index contributed by atoms with van der Waals surface area (Å²) < 4.78 is 7.20. The molecule has 1 atom stereocenters. The van der Waals surface area contributed by atoms with Gasteiger partial charge in [0, 0.05) is 17.2 Å². The minimum atomic E-state index is -0.340. The van der Waals surface area contributed by atoms with E-state index in [4.69, 9.17) is 9.40 Å². The van der Waals surface area contributed by atoms with Crippen LogP contribution in [-0.4, -0.2) is 45.2 Å². The number of urea groups is 1. The highest BCUT2D eigenvalue weighted by Crippen LogP contribution is 2.36. The number of imide groups is 1. The van der Waals surface area contributed by atoms with Crippen molar-refractivity contribution in [2.75, 3.05) is 18.8 Å². The van der Waals surface area contributed by atoms with Gasteiger partial charge in [-0.15, -0.1) is 11.3 Å². The molecule has 3 aromatic heterocycles. The molecule has 1 saturated heterocycles. The van der Waals surface area contributed by atoms with Crippen molar-refractivity contribution < 1.29 is 14.0 Å². The van der Waals surface area contributed by atoms with Crippen molar-refractivity contribution in [3.63, 3.8) is 0 Å². The largest absolute Gasteiger partial charge is 0.467 e. The molecule has 0 bridgehead atoms. The maximum Gasteiger partial charge on any atom is 0.324 e. The van der Waals surface area contributed by atoms with Crippen molar-refractivity contribution >= 4 is 45.3 Å². The summed E-state index contributed by atoms with van der Waals surface area (Å²) in [4.78, 5) is 45.3. The van der Waals surface area contributed by atoms with Gasteiger partial charge in [0.2, 0.25) is 5.91 Å². The van der Waals surface area contributed by atoms with E-state index in [0.29, 0.717) is 42.1 Å². The number of thiophene rings is 1. The summed E-state index contributed by atoms with van der Waals surface area (Å²) in [6.45, 7) is 3.00. The van der Waals surface area contributed by atoms with Crippen LogP contribution in [0.2, 0.25) is 0 Å². The number of aromatic nitrogens is 2. The average Bonchev–Trinajstić information content (AvgIpc) is 3.48. The van der Waals surface area contributed by atoms with Crippen LogP contribution in [0.5, 0.6) is 0 Å². The summed E-state index contributed by atoms with van der Waals surface area (Å²) in [5.41, 5.74) is 1.15. The number of carbonyl (C=O) groups excluding carboxylic acids is 2. The molecular formula is C22H24N4O4S2. The molecule has 10 heteroatoms. The second-order valence-electron chi connectivity index (χ2n) is 8.30. The van der Waals surface area contributed by atoms with Gasteiger partial charge in [-0.2, -0.15) is 0 Å². The smallest absolute Gasteiger partial charge is 0.324 e. The van der Waals surface area contributed by atoms with Crippen molar-refractivity contribution in [3.05, 3.63) is 45.0 Å². The number of aryl methyl sites for hydroxylation is 1. The first-order valence-electron chi connectivity index (χ1n) is 10.8. The zero-order chi connectivity index (χ0) is 22.2. The standard InChI is InChI=1S/C22H24N4O4S2/c1-13-5-6-15-16(10-13)32-19-18(15)20(28)26(12-14-4-2-8-30-14)22(24-19)31-9-3-7-25-17(27)11-23-21(25)29/h2,4,8,13H,3,5-7,9-12H2,1H3,(H,23,29). The van der Waals surface area contributed by atoms with Gasteiger partial charge in [-0.25, -0.2) is 9.78 Å². The number of furan rings is 1. The van der Waals surface area contributed by atoms with Crippen molar-refractivity contribution in [1.29, 1.82) is 0 Å². The molecule has 0 spiro atoms. The van der Waals surface area contributed by atoms with Crippen LogP contribution in [0.3, 0.4) is 0 Å². The Morgan fingerprint density at radius 1 is 1.34 bits per heavy atom. The van der Waals surface area contributed by atoms with E-state index in [9.17, 15) is 14.4 Å². The number of nitrogens with zero attached hydrogens (tertiary/aromatic N) is 3. The van der Waals surface area contributed by atoms with Crippen LogP contribution >= 0.6 is 23.1 Å². The monoisotopic (exact) mass is 472 g/mol. The second-order valence-corrected chi connectivity index (χ2v) is 10.4. The molecule has 5 rings (SSSR count). The van der Waals surface area contributed by atoms with Crippen LogP contribution in [0, 0.1) is 5.92 Å². The van der Waals surface area contributed by atoms with Crippen molar-refractivity contribution in [2.24, 2.45) is 5.92 Å². The normalized spacial score (nSPS) is 18.4. The predicted octanol–water partition coefficient (Wildman–Crippen LogP) is 3.26. The van der Waals surface area contributed by atoms with Gasteiger partial charge >= 0.3 is 6.03 Å². The zero-order valence-electron chi connectivity index (χ0n) is 17.8. The Morgan fingerprint density at radius 3 is 2.97 bits per heavy atom. The van der Waals surface area contributed by atoms with E-state index in [2.05, 4.69) is 12.2 Å². The Balaban J connectivity index is 1.43. The molecule has 0 aromatic carbocycles. The van der Waals surface area contributed by atoms with Gasteiger partial charge in [0.1, 0.15) is 10.6 Å². The number of thioether (sulfide) groups is 1. The average molecular weight is 473 g/mol. The molecule has 4 heterocycles. The molecule has 0 saturated carbocycles. The number of amides is 3. The molecule has 2 aliphatic rings. The molecular weight excluding hydrogens is 448 g/mol. The van der Waals surface area contributed by atoms with Crippen LogP contribution in [0.1, 0.15) is 36.0 Å². The van der Waals surface area contributed by atoms with Crippen LogP contribution in [0.25, 0.3) is 10.2 Å². The van der Waals surface area contributed by atoms with Gasteiger partial charge in [0.15, 0.2) is 5.16 Å². The fraction of sp³-hybridized carbons (Fsp3) is 0.455. The van der Waals surface area contributed by atoms with Gasteiger partial charge < -0.3 is 9.73 Å². The SMILES string of the molecule is CC1CCc2c(sc3nc(SCCCN4C(=O)CNC4=O)n(Cc4ccco4)c(=O)c23)C1. The Bertz CT molecular complexity index is 1220. The maximum absolute atomic E-state index is 13.6. The minimum absolute atomic E-state index is 0.0185. The van der Waals surface area contributed by atoms with Gasteiger partial charge in [0.25, 0.3) is 5.56 Å². The predicted molar refractivity (Wildman–Crippen MR) is 123 cm³/mol. The first kappa shape index (κ1) is 21.3. The Hall–Kier alpha value is -2.59. The Kier molecular flexibility index (Phi) is 5.81. The molecule has 32 heavy (non-hydrogen) atoms. The van der Waals surface area contributed by atoms with Crippen LogP contribution < -0.4 is 10.9 Å². The van der Waals surface area contributed by atoms with E-state index in [1.165, 1.54) is 27.1 Å². The minimum Gasteiger partial charge on any atom is -0.467 e. The lowest BCUT2D eigenvalue weighted by atomic mass is 9.89. The number of nitrogens with one attached hydrogen (secondary N) is 1. The second kappa shape index (κ2) is 8.74. The summed E-state index contributed by atoms with van der Waals surface area (Å²) in [5.74, 6) is 1.76. The third-order valence-electron chi connectivity index (χ3n) is 5.97. The van der Waals surface area contributed by atoms with E-state index in [1.807, 2.05) is 12.1 Å². The van der Waals surface area contributed by atoms with Crippen LogP contribution in [0.15, 0.2) is 32.8 Å². The zero-order valence-corrected chi connectivity index (χ0v) is 19.4. The van der Waals surface area contributed by atoms with E-state index in [1.54, 1.807) is 22.2 Å². The van der Waals surface area contributed by atoms with Crippen molar-refractivity contribution in [2.45, 2.75) is 44.3 Å². The Morgan fingerprint density at radius 2 is 2.22 bits per heavy atom. The summed E-state index contributed by atoms with van der Waals surface area (Å²) in [6, 6.07) is 3.33. The van der Waals surface area contributed by atoms with Crippen molar-refractivity contribution in [3.8, 4) is 0 Å². The molecule has 0 radical (unpaired) electrons. The van der Waals surface area contributed by atoms with E-state index < -0.39 is 0 Å². The lowest BCUT2D eigenvalue weighted by Crippen LogP contribution is -2.32. The molecule has 1 aliphatic carbocycles. The fourth-order valence-electron chi connectivity index (χ4n) is 4.28. The summed E-state index contributed by atoms with van der Waals surface area (Å²) in [7, 11) is 0. The third kappa shape index (κ3) is 3.97. The third-order valence-corrected chi connectivity index (χ3v) is 8.18. The number of hydrogen-bond donors (Lipinski definition) is 1. The van der Waals surface area contributed by atoms with Crippen LogP contribution in [0.4, 0.5) is 4.79 Å². The van der Waals surface area contributed by atoms with E-state index in [-0.39, 0.29) is 24.0 Å². The highest BCUT2D eigenvalue weighted by molar-refractivity contribution is 7.99. The first-order valence-corrected chi connectivity index (χ1v) is 12.6. The topological polar surface area (TPSA) is 97.4 Å². The number of fused-ring (bicyclic) bond motifs is 3. The molecule has 1 N–H and O–H groups in total. The Labute approximate surface area is 193 Å². The summed E-state index contributed by atoms with van der Waals surface area (Å²) >= 11 is 3.12. The van der Waals surface area contributed by atoms with Gasteiger partial charge in [-0.3, -0.25) is 19.1 Å². The molecule has 3 aromatic rings. The van der Waals surface area contributed by atoms with Gasteiger partial charge in [-0.05, 0) is 49.3 Å². The molecule has 168 valence electrons. The summed E-state index contributed by atoms with van der Waals surface area (Å²) in [6.07, 6.45) is 5.24. The lowest BCUT2D eigenvalue weighted by Gasteiger charge is -2.17. The van der Waals surface area contributed by atoms with Gasteiger partial charge in [0.05, 0.1) is 24.7 Å². The van der Waals surface area contributed by atoms with Crippen LogP contribution in [-0.2, 0) is 24.2 Å². The lowest BCUT2D eigenvalue weighted by molar-refractivity contribution is -0.124. The van der Waals surface area contributed by atoms with E-state index in [0.717, 1.165) is 29.5 Å². The fourth-order valence-corrected chi connectivity index (χ4v) is 6.63. The number of hydrogen-bond acceptors (Lipinski definition) is 7. The quantitative estimate of drug-likeness (QED) is 0.245. The number of carbonyl (C=O) groups is 2. The molecule has 1 unspecified atom stereocenters. The summed E-state index contributed by atoms with van der Waals surface area (Å²) in [5, 5.41) is 3.93.